The molecule has 8 atom stereocenters. The number of esters is 1. The van der Waals surface area contributed by atoms with Gasteiger partial charge in [0.2, 0.25) is 0 Å². The summed E-state index contributed by atoms with van der Waals surface area (Å²) in [6, 6.07) is 0. The second kappa shape index (κ2) is 12.0. The summed E-state index contributed by atoms with van der Waals surface area (Å²) in [6.45, 7) is 10.4. The fourth-order valence-electron chi connectivity index (χ4n) is 8.76. The van der Waals surface area contributed by atoms with Gasteiger partial charge in [-0.3, -0.25) is 14.4 Å². The first kappa shape index (κ1) is 29.1. The topological polar surface area (TPSA) is 83.9 Å². The second-order valence-electron chi connectivity index (χ2n) is 13.2. The molecule has 0 aromatic rings. The molecule has 4 fully saturated rings. The first-order chi connectivity index (χ1) is 16.9. The zero-order valence-corrected chi connectivity index (χ0v) is 23.7. The molecule has 0 spiro atoms. The van der Waals surface area contributed by atoms with Gasteiger partial charge < -0.3 is 14.7 Å². The molecular weight excluding hydrogens is 454 g/mol. The van der Waals surface area contributed by atoms with Crippen LogP contribution in [-0.4, -0.2) is 55.0 Å². The lowest BCUT2D eigenvalue weighted by atomic mass is 9.44. The van der Waals surface area contributed by atoms with E-state index in [9.17, 15) is 14.4 Å². The molecular formula is C30H51NO5. The lowest BCUT2D eigenvalue weighted by Crippen LogP contribution is -2.53. The summed E-state index contributed by atoms with van der Waals surface area (Å²) in [5.74, 6) is 4.06. The minimum Gasteiger partial charge on any atom is -0.481 e. The maximum Gasteiger partial charge on any atom is 0.306 e. The Morgan fingerprint density at radius 2 is 1.58 bits per heavy atom. The van der Waals surface area contributed by atoms with Crippen molar-refractivity contribution in [1.29, 1.82) is 0 Å². The van der Waals surface area contributed by atoms with Gasteiger partial charge in [-0.2, -0.15) is 0 Å². The van der Waals surface area contributed by atoms with E-state index in [4.69, 9.17) is 9.84 Å². The van der Waals surface area contributed by atoms with E-state index in [1.807, 2.05) is 25.9 Å². The number of rotatable bonds is 7. The zero-order chi connectivity index (χ0) is 26.7. The quantitative estimate of drug-likeness (QED) is 0.439. The van der Waals surface area contributed by atoms with E-state index in [1.54, 1.807) is 0 Å². The molecule has 0 aromatic carbocycles. The maximum absolute atomic E-state index is 12.2. The summed E-state index contributed by atoms with van der Waals surface area (Å²) >= 11 is 0. The minimum atomic E-state index is -0.982. The molecule has 0 radical (unpaired) electrons. The average molecular weight is 506 g/mol. The molecule has 6 heteroatoms. The van der Waals surface area contributed by atoms with Gasteiger partial charge in [-0.05, 0) is 113 Å². The highest BCUT2D eigenvalue weighted by Gasteiger charge is 2.60. The molecule has 4 aliphatic rings. The van der Waals surface area contributed by atoms with Crippen molar-refractivity contribution in [3.05, 3.63) is 0 Å². The molecule has 4 rings (SSSR count). The first-order valence-corrected chi connectivity index (χ1v) is 14.4. The second-order valence-corrected chi connectivity index (χ2v) is 13.2. The van der Waals surface area contributed by atoms with Gasteiger partial charge >= 0.3 is 11.9 Å². The monoisotopic (exact) mass is 505 g/mol. The molecule has 0 amide bonds. The van der Waals surface area contributed by atoms with Gasteiger partial charge in [0.05, 0.1) is 12.8 Å². The average Bonchev–Trinajstić information content (AvgIpc) is 3.16. The minimum absolute atomic E-state index is 0.0528. The fourth-order valence-corrected chi connectivity index (χ4v) is 8.76. The summed E-state index contributed by atoms with van der Waals surface area (Å²) in [6.07, 6.45) is 12.4. The van der Waals surface area contributed by atoms with Crippen molar-refractivity contribution in [3.8, 4) is 0 Å². The Kier molecular flexibility index (Phi) is 9.68. The number of ether oxygens (including phenoxy) is 1. The normalized spacial score (nSPS) is 39.2. The summed E-state index contributed by atoms with van der Waals surface area (Å²) in [4.78, 5) is 35.0. The molecule has 0 bridgehead atoms. The van der Waals surface area contributed by atoms with Crippen molar-refractivity contribution in [3.63, 3.8) is 0 Å². The number of ketones is 1. The van der Waals surface area contributed by atoms with Crippen LogP contribution in [-0.2, 0) is 19.1 Å². The van der Waals surface area contributed by atoms with Crippen molar-refractivity contribution in [2.45, 2.75) is 98.3 Å². The lowest BCUT2D eigenvalue weighted by molar-refractivity contribution is -0.147. The van der Waals surface area contributed by atoms with Crippen LogP contribution in [0, 0.1) is 46.3 Å². The van der Waals surface area contributed by atoms with Crippen molar-refractivity contribution in [2.24, 2.45) is 46.3 Å². The van der Waals surface area contributed by atoms with Gasteiger partial charge in [-0.15, -0.1) is 0 Å². The molecule has 0 aromatic heterocycles. The zero-order valence-electron chi connectivity index (χ0n) is 23.7. The number of fused-ring (bicyclic) bond motifs is 5. The Labute approximate surface area is 218 Å². The molecule has 1 N–H and O–H groups in total. The van der Waals surface area contributed by atoms with Crippen molar-refractivity contribution in [1.82, 2.24) is 4.90 Å². The maximum atomic E-state index is 12.2. The molecule has 0 heterocycles. The molecule has 36 heavy (non-hydrogen) atoms. The highest BCUT2D eigenvalue weighted by Crippen LogP contribution is 2.67. The van der Waals surface area contributed by atoms with E-state index in [-0.39, 0.29) is 12.8 Å². The van der Waals surface area contributed by atoms with Crippen LogP contribution in [0.25, 0.3) is 0 Å². The third kappa shape index (κ3) is 6.34. The fraction of sp³-hybridized carbons (Fsp3) is 0.900. The Bertz CT molecular complexity index is 796. The van der Waals surface area contributed by atoms with E-state index >= 15 is 0 Å². The number of hydrogen-bond donors (Lipinski definition) is 1. The number of carboxylic acid groups (broad SMARTS) is 1. The lowest BCUT2D eigenvalue weighted by Gasteiger charge is -2.61. The number of likely N-dealkylation sites (N-methyl/N-ethyl adjacent to an activating group) is 1. The van der Waals surface area contributed by atoms with Gasteiger partial charge in [0.25, 0.3) is 0 Å². The summed E-state index contributed by atoms with van der Waals surface area (Å²) in [5.41, 5.74) is 0.948. The Balaban J connectivity index is 0.000000240. The van der Waals surface area contributed by atoms with Crippen LogP contribution in [0.3, 0.4) is 0 Å². The van der Waals surface area contributed by atoms with Crippen LogP contribution in [0.4, 0.5) is 0 Å². The standard InChI is InChI=1S/C22H36O.C8H15NO4/c1-14-9-11-21(3)16(13-14)5-6-17-19-8-7-18(15(2)23)22(19,4)12-10-20(17)21;1-9(2)5-6-13-8(12)4-3-7(10)11/h14,16-20H,5-13H2,1-4H3;3-6H2,1-2H3,(H,10,11). The molecule has 0 saturated heterocycles. The molecule has 0 aliphatic heterocycles. The van der Waals surface area contributed by atoms with Crippen molar-refractivity contribution >= 4 is 17.7 Å². The number of hydrogen-bond acceptors (Lipinski definition) is 5. The molecule has 6 nitrogen and oxygen atoms in total. The van der Waals surface area contributed by atoms with Crippen LogP contribution >= 0.6 is 0 Å². The van der Waals surface area contributed by atoms with Crippen molar-refractivity contribution < 1.29 is 24.2 Å². The highest BCUT2D eigenvalue weighted by atomic mass is 16.5. The number of carbonyl (C=O) groups excluding carboxylic acids is 2. The smallest absolute Gasteiger partial charge is 0.306 e. The SMILES string of the molecule is CC(=O)C1CCC2C3CCC4CC(C)CCC4(C)C3CCC12C.CN(C)CCOC(=O)CCC(=O)O. The Hall–Kier alpha value is -1.43. The third-order valence-electron chi connectivity index (χ3n) is 10.8. The van der Waals surface area contributed by atoms with Gasteiger partial charge in [-0.1, -0.05) is 27.2 Å². The van der Waals surface area contributed by atoms with Crippen LogP contribution in [0.1, 0.15) is 98.3 Å². The van der Waals surface area contributed by atoms with E-state index in [2.05, 4.69) is 20.8 Å². The summed E-state index contributed by atoms with van der Waals surface area (Å²) < 4.78 is 4.76. The van der Waals surface area contributed by atoms with Crippen LogP contribution < -0.4 is 0 Å². The van der Waals surface area contributed by atoms with Crippen molar-refractivity contribution in [2.75, 3.05) is 27.2 Å². The van der Waals surface area contributed by atoms with Gasteiger partial charge in [0, 0.05) is 12.5 Å². The third-order valence-corrected chi connectivity index (χ3v) is 10.8. The largest absolute Gasteiger partial charge is 0.481 e. The summed E-state index contributed by atoms with van der Waals surface area (Å²) in [7, 11) is 3.73. The first-order valence-electron chi connectivity index (χ1n) is 14.4. The van der Waals surface area contributed by atoms with Gasteiger partial charge in [0.15, 0.2) is 0 Å². The number of carbonyl (C=O) groups is 3. The van der Waals surface area contributed by atoms with E-state index < -0.39 is 11.9 Å². The Morgan fingerprint density at radius 1 is 0.917 bits per heavy atom. The number of Topliss-reactive ketones (excluding diaryl/α,β-unsaturated/α-hetero) is 1. The van der Waals surface area contributed by atoms with Crippen LogP contribution in [0.5, 0.6) is 0 Å². The molecule has 4 aliphatic carbocycles. The Morgan fingerprint density at radius 3 is 2.22 bits per heavy atom. The highest BCUT2D eigenvalue weighted by molar-refractivity contribution is 5.79. The van der Waals surface area contributed by atoms with Gasteiger partial charge in [-0.25, -0.2) is 0 Å². The molecule has 4 saturated carbocycles. The summed E-state index contributed by atoms with van der Waals surface area (Å²) in [5, 5.41) is 8.26. The predicted molar refractivity (Wildman–Crippen MR) is 141 cm³/mol. The van der Waals surface area contributed by atoms with Crippen LogP contribution in [0.2, 0.25) is 0 Å². The van der Waals surface area contributed by atoms with E-state index in [0.717, 1.165) is 29.6 Å². The van der Waals surface area contributed by atoms with Crippen LogP contribution in [0.15, 0.2) is 0 Å². The number of carboxylic acids is 1. The predicted octanol–water partition coefficient (Wildman–Crippen LogP) is 5.83. The number of nitrogens with zero attached hydrogens (tertiary/aromatic N) is 1. The van der Waals surface area contributed by atoms with Gasteiger partial charge in [0.1, 0.15) is 12.4 Å². The molecule has 206 valence electrons. The van der Waals surface area contributed by atoms with E-state index in [1.165, 1.54) is 57.8 Å². The number of aliphatic carboxylic acids is 1. The molecule has 8 unspecified atom stereocenters. The van der Waals surface area contributed by atoms with E-state index in [0.29, 0.717) is 35.7 Å².